The summed E-state index contributed by atoms with van der Waals surface area (Å²) in [5.74, 6) is 0.636. The minimum Gasteiger partial charge on any atom is -0.459 e. The van der Waals surface area contributed by atoms with Crippen molar-refractivity contribution in [3.8, 4) is 0 Å². The summed E-state index contributed by atoms with van der Waals surface area (Å²) in [6, 6.07) is 11.4. The molecule has 2 amide bonds. The molecule has 1 aliphatic rings. The lowest BCUT2D eigenvalue weighted by atomic mass is 9.94. The number of para-hydroxylation sites is 1. The van der Waals surface area contributed by atoms with Crippen molar-refractivity contribution in [3.63, 3.8) is 0 Å². The molecule has 0 bridgehead atoms. The van der Waals surface area contributed by atoms with Crippen LogP contribution in [0.1, 0.15) is 55.1 Å². The van der Waals surface area contributed by atoms with Crippen molar-refractivity contribution in [2.75, 3.05) is 18.4 Å². The van der Waals surface area contributed by atoms with Crippen LogP contribution >= 0.6 is 0 Å². The number of nitrogens with one attached hydrogen (secondary N) is 1. The van der Waals surface area contributed by atoms with Gasteiger partial charge in [-0.15, -0.1) is 0 Å². The average molecular weight is 354 g/mol. The largest absolute Gasteiger partial charge is 0.459 e. The van der Waals surface area contributed by atoms with Crippen LogP contribution in [0.25, 0.3) is 0 Å². The Balaban J connectivity index is 1.59. The number of benzene rings is 1. The fourth-order valence-corrected chi connectivity index (χ4v) is 3.40. The maximum absolute atomic E-state index is 12.7. The van der Waals surface area contributed by atoms with E-state index in [-0.39, 0.29) is 17.7 Å². The molecule has 1 saturated heterocycles. The maximum atomic E-state index is 12.7. The Hall–Kier alpha value is -2.56. The van der Waals surface area contributed by atoms with Gasteiger partial charge in [-0.25, -0.2) is 0 Å². The number of amides is 2. The second-order valence-electron chi connectivity index (χ2n) is 6.93. The van der Waals surface area contributed by atoms with E-state index >= 15 is 0 Å². The predicted molar refractivity (Wildman–Crippen MR) is 101 cm³/mol. The van der Waals surface area contributed by atoms with Gasteiger partial charge in [-0.05, 0) is 48.9 Å². The fourth-order valence-electron chi connectivity index (χ4n) is 3.40. The molecule has 0 aliphatic carbocycles. The molecule has 26 heavy (non-hydrogen) atoms. The van der Waals surface area contributed by atoms with E-state index < -0.39 is 0 Å². The number of hydrogen-bond donors (Lipinski definition) is 1. The van der Waals surface area contributed by atoms with Crippen molar-refractivity contribution in [2.45, 2.75) is 39.0 Å². The van der Waals surface area contributed by atoms with Crippen LogP contribution in [0, 0.1) is 5.92 Å². The molecule has 3 rings (SSSR count). The Morgan fingerprint density at radius 1 is 1.19 bits per heavy atom. The molecule has 138 valence electrons. The summed E-state index contributed by atoms with van der Waals surface area (Å²) in [5.41, 5.74) is 2.08. The normalized spacial score (nSPS) is 16.3. The lowest BCUT2D eigenvalue weighted by Crippen LogP contribution is -2.41. The van der Waals surface area contributed by atoms with Crippen LogP contribution in [0.4, 0.5) is 5.69 Å². The first-order chi connectivity index (χ1) is 12.6. The lowest BCUT2D eigenvalue weighted by molar-refractivity contribution is -0.121. The van der Waals surface area contributed by atoms with Crippen LogP contribution in [0.15, 0.2) is 47.1 Å². The van der Waals surface area contributed by atoms with Crippen molar-refractivity contribution in [3.05, 3.63) is 54.0 Å². The molecule has 1 aromatic heterocycles. The second kappa shape index (κ2) is 8.21. The van der Waals surface area contributed by atoms with E-state index in [1.54, 1.807) is 17.0 Å². The molecule has 2 aromatic rings. The zero-order chi connectivity index (χ0) is 18.5. The summed E-state index contributed by atoms with van der Waals surface area (Å²) in [7, 11) is 0. The third-order valence-electron chi connectivity index (χ3n) is 5.25. The van der Waals surface area contributed by atoms with E-state index in [2.05, 4.69) is 25.2 Å². The standard InChI is InChI=1S/C21H26N2O3/c1-3-15(2)17-7-4-5-8-18(17)22-20(24)16-10-12-23(13-11-16)21(25)19-9-6-14-26-19/h4-9,14-16H,3,10-13H2,1-2H3,(H,22,24)/t15-/m1/s1. The summed E-state index contributed by atoms with van der Waals surface area (Å²) in [6.07, 6.45) is 3.87. The number of anilines is 1. The number of carbonyl (C=O) groups excluding carboxylic acids is 2. The monoisotopic (exact) mass is 354 g/mol. The summed E-state index contributed by atoms with van der Waals surface area (Å²) >= 11 is 0. The highest BCUT2D eigenvalue weighted by molar-refractivity contribution is 5.94. The van der Waals surface area contributed by atoms with Crippen molar-refractivity contribution >= 4 is 17.5 Å². The van der Waals surface area contributed by atoms with Crippen molar-refractivity contribution in [2.24, 2.45) is 5.92 Å². The Morgan fingerprint density at radius 3 is 2.58 bits per heavy atom. The minimum absolute atomic E-state index is 0.0471. The number of hydrogen-bond acceptors (Lipinski definition) is 3. The molecule has 0 saturated carbocycles. The first-order valence-corrected chi connectivity index (χ1v) is 9.32. The topological polar surface area (TPSA) is 62.6 Å². The summed E-state index contributed by atoms with van der Waals surface area (Å²) in [6.45, 7) is 5.47. The highest BCUT2D eigenvalue weighted by Gasteiger charge is 2.29. The second-order valence-corrected chi connectivity index (χ2v) is 6.93. The summed E-state index contributed by atoms with van der Waals surface area (Å²) in [5, 5.41) is 3.11. The minimum atomic E-state index is -0.101. The zero-order valence-corrected chi connectivity index (χ0v) is 15.4. The maximum Gasteiger partial charge on any atom is 0.289 e. The number of likely N-dealkylation sites (tertiary alicyclic amines) is 1. The molecular formula is C21H26N2O3. The zero-order valence-electron chi connectivity index (χ0n) is 15.4. The average Bonchev–Trinajstić information content (AvgIpc) is 3.22. The van der Waals surface area contributed by atoms with Gasteiger partial charge in [-0.2, -0.15) is 0 Å². The van der Waals surface area contributed by atoms with Gasteiger partial charge in [0.1, 0.15) is 0 Å². The van der Waals surface area contributed by atoms with E-state index in [0.717, 1.165) is 12.1 Å². The van der Waals surface area contributed by atoms with Crippen LogP contribution in [-0.4, -0.2) is 29.8 Å². The lowest BCUT2D eigenvalue weighted by Gasteiger charge is -2.31. The Kier molecular flexibility index (Phi) is 5.76. The van der Waals surface area contributed by atoms with Gasteiger partial charge in [-0.3, -0.25) is 9.59 Å². The highest BCUT2D eigenvalue weighted by atomic mass is 16.3. The van der Waals surface area contributed by atoms with Gasteiger partial charge in [0, 0.05) is 24.7 Å². The molecule has 2 heterocycles. The fraction of sp³-hybridized carbons (Fsp3) is 0.429. The molecule has 5 heteroatoms. The Morgan fingerprint density at radius 2 is 1.92 bits per heavy atom. The van der Waals surface area contributed by atoms with E-state index in [4.69, 9.17) is 4.42 Å². The molecule has 1 fully saturated rings. The Labute approximate surface area is 154 Å². The van der Waals surface area contributed by atoms with Crippen LogP contribution in [0.2, 0.25) is 0 Å². The molecule has 5 nitrogen and oxygen atoms in total. The summed E-state index contributed by atoms with van der Waals surface area (Å²) in [4.78, 5) is 26.8. The van der Waals surface area contributed by atoms with Gasteiger partial charge in [0.2, 0.25) is 5.91 Å². The third kappa shape index (κ3) is 3.98. The van der Waals surface area contributed by atoms with Gasteiger partial charge >= 0.3 is 0 Å². The van der Waals surface area contributed by atoms with E-state index in [0.29, 0.717) is 37.6 Å². The first kappa shape index (κ1) is 18.2. The number of rotatable bonds is 5. The molecule has 0 radical (unpaired) electrons. The van der Waals surface area contributed by atoms with Gasteiger partial charge in [0.05, 0.1) is 6.26 Å². The molecule has 0 spiro atoms. The summed E-state index contributed by atoms with van der Waals surface area (Å²) < 4.78 is 5.18. The highest BCUT2D eigenvalue weighted by Crippen LogP contribution is 2.28. The SMILES string of the molecule is CC[C@@H](C)c1ccccc1NC(=O)C1CCN(C(=O)c2ccco2)CC1. The number of nitrogens with zero attached hydrogens (tertiary/aromatic N) is 1. The van der Waals surface area contributed by atoms with E-state index in [9.17, 15) is 9.59 Å². The van der Waals surface area contributed by atoms with Gasteiger partial charge in [-0.1, -0.05) is 32.0 Å². The van der Waals surface area contributed by atoms with E-state index in [1.165, 1.54) is 11.8 Å². The smallest absolute Gasteiger partial charge is 0.289 e. The van der Waals surface area contributed by atoms with Gasteiger partial charge in [0.25, 0.3) is 5.91 Å². The van der Waals surface area contributed by atoms with Crippen LogP contribution < -0.4 is 5.32 Å². The number of piperidine rings is 1. The van der Waals surface area contributed by atoms with Gasteiger partial charge < -0.3 is 14.6 Å². The van der Waals surface area contributed by atoms with Crippen molar-refractivity contribution < 1.29 is 14.0 Å². The molecule has 1 atom stereocenters. The number of furan rings is 1. The Bertz CT molecular complexity index is 746. The molecule has 1 aromatic carbocycles. The molecule has 0 unspecified atom stereocenters. The first-order valence-electron chi connectivity index (χ1n) is 9.32. The quantitative estimate of drug-likeness (QED) is 0.871. The van der Waals surface area contributed by atoms with Crippen LogP contribution in [0.5, 0.6) is 0 Å². The van der Waals surface area contributed by atoms with Crippen LogP contribution in [-0.2, 0) is 4.79 Å². The molecular weight excluding hydrogens is 328 g/mol. The van der Waals surface area contributed by atoms with E-state index in [1.807, 2.05) is 18.2 Å². The van der Waals surface area contributed by atoms with Crippen molar-refractivity contribution in [1.29, 1.82) is 0 Å². The molecule has 1 aliphatic heterocycles. The third-order valence-corrected chi connectivity index (χ3v) is 5.25. The van der Waals surface area contributed by atoms with Gasteiger partial charge in [0.15, 0.2) is 5.76 Å². The molecule has 1 N–H and O–H groups in total. The number of carbonyl (C=O) groups is 2. The predicted octanol–water partition coefficient (Wildman–Crippen LogP) is 4.28. The van der Waals surface area contributed by atoms with Crippen LogP contribution in [0.3, 0.4) is 0 Å². The van der Waals surface area contributed by atoms with Crippen molar-refractivity contribution in [1.82, 2.24) is 4.90 Å².